The second-order valence-electron chi connectivity index (χ2n) is 4.16. The Bertz CT molecular complexity index is 684. The van der Waals surface area contributed by atoms with Crippen LogP contribution in [0.2, 0.25) is 5.02 Å². The largest absolute Gasteiger partial charge is 0.464 e. The molecule has 2 N–H and O–H groups in total. The number of hydrogen-bond acceptors (Lipinski definition) is 5. The Kier molecular flexibility index (Phi) is 4.44. The number of nitrogens with one attached hydrogen (secondary N) is 2. The van der Waals surface area contributed by atoms with Crippen molar-refractivity contribution in [2.75, 3.05) is 12.4 Å². The summed E-state index contributed by atoms with van der Waals surface area (Å²) in [6.07, 6.45) is 0. The van der Waals surface area contributed by atoms with Gasteiger partial charge in [0.2, 0.25) is 0 Å². The summed E-state index contributed by atoms with van der Waals surface area (Å²) in [6.45, 7) is 0.276. The highest BCUT2D eigenvalue weighted by molar-refractivity contribution is 6.31. The van der Waals surface area contributed by atoms with Crippen LogP contribution < -0.4 is 5.32 Å². The second kappa shape index (κ2) is 6.27. The number of aromatic amines is 1. The standard InChI is InChI=1S/C13H12ClN3O4/c1-21-13(18)10-4-3-9(16-10)7-15-11-6-8(14)2-5-12(11)17(19)20/h2-6,15-16H,7H2,1H3. The molecule has 2 rings (SSSR count). The normalized spacial score (nSPS) is 10.2. The first-order valence-corrected chi connectivity index (χ1v) is 6.33. The summed E-state index contributed by atoms with van der Waals surface area (Å²) in [7, 11) is 1.29. The molecular formula is C13H12ClN3O4. The lowest BCUT2D eigenvalue weighted by atomic mass is 10.2. The van der Waals surface area contributed by atoms with Crippen molar-refractivity contribution in [2.24, 2.45) is 0 Å². The zero-order chi connectivity index (χ0) is 15.4. The Hall–Kier alpha value is -2.54. The number of benzene rings is 1. The van der Waals surface area contributed by atoms with Gasteiger partial charge in [0.05, 0.1) is 18.6 Å². The zero-order valence-corrected chi connectivity index (χ0v) is 11.8. The van der Waals surface area contributed by atoms with Crippen molar-refractivity contribution < 1.29 is 14.5 Å². The summed E-state index contributed by atoms with van der Waals surface area (Å²) in [5.41, 5.74) is 1.24. The molecule has 0 bridgehead atoms. The van der Waals surface area contributed by atoms with Gasteiger partial charge in [-0.25, -0.2) is 4.79 Å². The second-order valence-corrected chi connectivity index (χ2v) is 4.60. The predicted molar refractivity (Wildman–Crippen MR) is 77.6 cm³/mol. The van der Waals surface area contributed by atoms with Crippen LogP contribution in [-0.2, 0) is 11.3 Å². The fraction of sp³-hybridized carbons (Fsp3) is 0.154. The minimum atomic E-state index is -0.493. The number of anilines is 1. The summed E-state index contributed by atoms with van der Waals surface area (Å²) in [5, 5.41) is 14.2. The maximum atomic E-state index is 11.3. The molecule has 2 aromatic rings. The van der Waals surface area contributed by atoms with Crippen LogP contribution in [0, 0.1) is 10.1 Å². The van der Waals surface area contributed by atoms with Gasteiger partial charge < -0.3 is 15.0 Å². The third-order valence-corrected chi connectivity index (χ3v) is 3.01. The van der Waals surface area contributed by atoms with Gasteiger partial charge in [-0.3, -0.25) is 10.1 Å². The van der Waals surface area contributed by atoms with Crippen LogP contribution in [0.15, 0.2) is 30.3 Å². The lowest BCUT2D eigenvalue weighted by Gasteiger charge is -2.06. The number of methoxy groups -OCH3 is 1. The Labute approximate surface area is 125 Å². The summed E-state index contributed by atoms with van der Waals surface area (Å²) in [5.74, 6) is -0.477. The van der Waals surface area contributed by atoms with E-state index in [0.29, 0.717) is 22.1 Å². The minimum Gasteiger partial charge on any atom is -0.464 e. The van der Waals surface area contributed by atoms with Gasteiger partial charge in [0.1, 0.15) is 11.4 Å². The number of ether oxygens (including phenoxy) is 1. The van der Waals surface area contributed by atoms with E-state index in [1.807, 2.05) is 0 Å². The molecule has 0 aliphatic heterocycles. The van der Waals surface area contributed by atoms with Crippen molar-refractivity contribution in [3.05, 3.63) is 56.9 Å². The Balaban J connectivity index is 2.13. The molecule has 0 saturated heterocycles. The number of nitro groups is 1. The monoisotopic (exact) mass is 309 g/mol. The predicted octanol–water partition coefficient (Wildman–Crippen LogP) is 2.98. The van der Waals surface area contributed by atoms with Crippen LogP contribution in [0.1, 0.15) is 16.2 Å². The van der Waals surface area contributed by atoms with Gasteiger partial charge in [-0.1, -0.05) is 11.6 Å². The first-order chi connectivity index (χ1) is 10.0. The number of carbonyl (C=O) groups excluding carboxylic acids is 1. The van der Waals surface area contributed by atoms with Crippen LogP contribution in [-0.4, -0.2) is 23.0 Å². The molecule has 21 heavy (non-hydrogen) atoms. The van der Waals surface area contributed by atoms with Gasteiger partial charge in [-0.05, 0) is 24.3 Å². The van der Waals surface area contributed by atoms with Crippen molar-refractivity contribution in [2.45, 2.75) is 6.54 Å². The van der Waals surface area contributed by atoms with E-state index >= 15 is 0 Å². The molecule has 0 atom stereocenters. The van der Waals surface area contributed by atoms with Gasteiger partial charge in [-0.15, -0.1) is 0 Å². The van der Waals surface area contributed by atoms with Crippen LogP contribution in [0.4, 0.5) is 11.4 Å². The van der Waals surface area contributed by atoms with Gasteiger partial charge >= 0.3 is 5.97 Å². The molecule has 0 saturated carbocycles. The summed E-state index contributed by atoms with van der Waals surface area (Å²) in [4.78, 5) is 24.6. The van der Waals surface area contributed by atoms with Gasteiger partial charge in [0.15, 0.2) is 0 Å². The minimum absolute atomic E-state index is 0.0702. The van der Waals surface area contributed by atoms with Crippen molar-refractivity contribution >= 4 is 28.9 Å². The van der Waals surface area contributed by atoms with E-state index in [-0.39, 0.29) is 12.2 Å². The molecule has 7 nitrogen and oxygen atoms in total. The summed E-state index contributed by atoms with van der Waals surface area (Å²) < 4.78 is 4.58. The van der Waals surface area contributed by atoms with Gasteiger partial charge in [-0.2, -0.15) is 0 Å². The number of nitrogens with zero attached hydrogens (tertiary/aromatic N) is 1. The van der Waals surface area contributed by atoms with E-state index in [9.17, 15) is 14.9 Å². The average Bonchev–Trinajstić information content (AvgIpc) is 2.93. The SMILES string of the molecule is COC(=O)c1ccc(CNc2cc(Cl)ccc2[N+](=O)[O-])[nH]1. The summed E-state index contributed by atoms with van der Waals surface area (Å²) >= 11 is 5.84. The highest BCUT2D eigenvalue weighted by Crippen LogP contribution is 2.27. The number of esters is 1. The van der Waals surface area contributed by atoms with Gasteiger partial charge in [0, 0.05) is 16.8 Å². The van der Waals surface area contributed by atoms with Crippen LogP contribution in [0.3, 0.4) is 0 Å². The van der Waals surface area contributed by atoms with Crippen molar-refractivity contribution in [3.63, 3.8) is 0 Å². The van der Waals surface area contributed by atoms with Crippen molar-refractivity contribution in [1.82, 2.24) is 4.98 Å². The molecule has 1 aromatic heterocycles. The van der Waals surface area contributed by atoms with Crippen LogP contribution in [0.5, 0.6) is 0 Å². The lowest BCUT2D eigenvalue weighted by molar-refractivity contribution is -0.384. The number of hydrogen-bond donors (Lipinski definition) is 2. The van der Waals surface area contributed by atoms with Gasteiger partial charge in [0.25, 0.3) is 5.69 Å². The molecule has 0 spiro atoms. The Morgan fingerprint density at radius 1 is 1.43 bits per heavy atom. The topological polar surface area (TPSA) is 97.3 Å². The van der Waals surface area contributed by atoms with E-state index in [1.54, 1.807) is 12.1 Å². The zero-order valence-electron chi connectivity index (χ0n) is 11.1. The molecule has 0 aliphatic carbocycles. The fourth-order valence-corrected chi connectivity index (χ4v) is 1.94. The number of H-pyrrole nitrogens is 1. The molecule has 110 valence electrons. The molecule has 1 aromatic carbocycles. The third kappa shape index (κ3) is 3.51. The van der Waals surface area contributed by atoms with E-state index in [0.717, 1.165) is 0 Å². The maximum Gasteiger partial charge on any atom is 0.354 e. The van der Waals surface area contributed by atoms with E-state index < -0.39 is 10.9 Å². The molecule has 0 fully saturated rings. The van der Waals surface area contributed by atoms with E-state index in [4.69, 9.17) is 11.6 Å². The first kappa shape index (κ1) is 14.9. The number of carbonyl (C=O) groups is 1. The Morgan fingerprint density at radius 2 is 2.19 bits per heavy atom. The van der Waals surface area contributed by atoms with Crippen LogP contribution in [0.25, 0.3) is 0 Å². The van der Waals surface area contributed by atoms with Crippen molar-refractivity contribution in [1.29, 1.82) is 0 Å². The fourth-order valence-electron chi connectivity index (χ4n) is 1.77. The highest BCUT2D eigenvalue weighted by atomic mass is 35.5. The average molecular weight is 310 g/mol. The summed E-state index contributed by atoms with van der Waals surface area (Å²) in [6, 6.07) is 7.53. The molecule has 0 unspecified atom stereocenters. The third-order valence-electron chi connectivity index (χ3n) is 2.78. The molecule has 0 radical (unpaired) electrons. The number of aromatic nitrogens is 1. The molecule has 0 aliphatic rings. The number of nitro benzene ring substituents is 1. The lowest BCUT2D eigenvalue weighted by Crippen LogP contribution is -2.05. The molecular weight excluding hydrogens is 298 g/mol. The molecule has 1 heterocycles. The maximum absolute atomic E-state index is 11.3. The number of rotatable bonds is 5. The molecule has 0 amide bonds. The molecule has 8 heteroatoms. The first-order valence-electron chi connectivity index (χ1n) is 5.95. The smallest absolute Gasteiger partial charge is 0.354 e. The highest BCUT2D eigenvalue weighted by Gasteiger charge is 2.14. The van der Waals surface area contributed by atoms with E-state index in [1.165, 1.54) is 25.3 Å². The van der Waals surface area contributed by atoms with E-state index in [2.05, 4.69) is 15.0 Å². The quantitative estimate of drug-likeness (QED) is 0.502. The number of halogens is 1. The van der Waals surface area contributed by atoms with Crippen LogP contribution >= 0.6 is 11.6 Å². The Morgan fingerprint density at radius 3 is 2.86 bits per heavy atom. The van der Waals surface area contributed by atoms with Crippen molar-refractivity contribution in [3.8, 4) is 0 Å².